The first-order valence-corrected chi connectivity index (χ1v) is 7.31. The lowest BCUT2D eigenvalue weighted by atomic mass is 10.2. The van der Waals surface area contributed by atoms with Crippen molar-refractivity contribution in [3.05, 3.63) is 24.6 Å². The van der Waals surface area contributed by atoms with Gasteiger partial charge in [-0.05, 0) is 12.8 Å². The van der Waals surface area contributed by atoms with Crippen molar-refractivity contribution in [2.24, 2.45) is 10.7 Å². The maximum atomic E-state index is 11.0. The third kappa shape index (κ3) is 4.90. The molecule has 1 rings (SSSR count). The Bertz CT molecular complexity index is 402. The number of quaternary nitrogens is 1. The van der Waals surface area contributed by atoms with E-state index in [0.717, 1.165) is 25.1 Å². The van der Waals surface area contributed by atoms with Gasteiger partial charge in [-0.1, -0.05) is 31.9 Å². The van der Waals surface area contributed by atoms with Crippen LogP contribution in [0.15, 0.2) is 29.5 Å². The zero-order chi connectivity index (χ0) is 14.8. The molecule has 5 heteroatoms. The third-order valence-electron chi connectivity index (χ3n) is 3.45. The molecule has 112 valence electrons. The molecule has 5 nitrogen and oxygen atoms in total. The Kier molecular flexibility index (Phi) is 7.18. The van der Waals surface area contributed by atoms with Crippen molar-refractivity contribution >= 4 is 11.8 Å². The highest BCUT2D eigenvalue weighted by Crippen LogP contribution is 2.19. The Morgan fingerprint density at radius 3 is 2.85 bits per heavy atom. The number of hydrogen-bond donors (Lipinski definition) is 1. The van der Waals surface area contributed by atoms with Crippen LogP contribution in [0, 0.1) is 0 Å². The van der Waals surface area contributed by atoms with Crippen LogP contribution in [0.5, 0.6) is 0 Å². The van der Waals surface area contributed by atoms with Gasteiger partial charge in [0.05, 0.1) is 12.2 Å². The van der Waals surface area contributed by atoms with Crippen LogP contribution in [-0.2, 0) is 4.79 Å². The number of aliphatic imine (C=N–C) groups is 1. The predicted octanol–water partition coefficient (Wildman–Crippen LogP) is 0.922. The number of allylic oxidation sites excluding steroid dienone is 2. The summed E-state index contributed by atoms with van der Waals surface area (Å²) in [5, 5.41) is 11.0. The molecule has 1 unspecified atom stereocenters. The fourth-order valence-corrected chi connectivity index (χ4v) is 2.39. The second-order valence-electron chi connectivity index (χ2n) is 5.07. The van der Waals surface area contributed by atoms with Crippen LogP contribution in [0.2, 0.25) is 0 Å². The normalized spacial score (nSPS) is 21.6. The molecule has 0 bridgehead atoms. The van der Waals surface area contributed by atoms with Gasteiger partial charge in [-0.2, -0.15) is 0 Å². The summed E-state index contributed by atoms with van der Waals surface area (Å²) in [6.45, 7) is 3.04. The second kappa shape index (κ2) is 8.66. The van der Waals surface area contributed by atoms with Gasteiger partial charge in [0, 0.05) is 13.0 Å². The van der Waals surface area contributed by atoms with E-state index < -0.39 is 5.97 Å². The highest BCUT2D eigenvalue weighted by atomic mass is 16.4. The number of aliphatic carboxylic acids is 1. The van der Waals surface area contributed by atoms with Crippen molar-refractivity contribution in [3.63, 3.8) is 0 Å². The molecular weight excluding hydrogens is 254 g/mol. The second-order valence-corrected chi connectivity index (χ2v) is 5.07. The standard InChI is InChI=1S/C15H25N3O2/c1-2-3-4-5-6-7-8-14-17-10-12-18(14,11-9-16)13-15(19)20/h5-6,10,12H,2-4,7-9,11,13,16H2,1H3/b6-5+. The SMILES string of the molecule is CCCC/C=C/CCC1=NC=C[N+]1(CCN)CC(=O)[O-]. The molecule has 0 aromatic rings. The van der Waals surface area contributed by atoms with Gasteiger partial charge in [-0.3, -0.25) is 0 Å². The number of nitrogens with zero attached hydrogens (tertiary/aromatic N) is 2. The zero-order valence-electron chi connectivity index (χ0n) is 12.3. The van der Waals surface area contributed by atoms with Crippen LogP contribution in [0.1, 0.15) is 39.0 Å². The molecule has 0 amide bonds. The monoisotopic (exact) mass is 279 g/mol. The number of unbranched alkanes of at least 4 members (excludes halogenated alkanes) is 2. The minimum Gasteiger partial charge on any atom is -0.544 e. The molecule has 0 saturated carbocycles. The fourth-order valence-electron chi connectivity index (χ4n) is 2.39. The Morgan fingerprint density at radius 2 is 2.20 bits per heavy atom. The van der Waals surface area contributed by atoms with Gasteiger partial charge in [0.2, 0.25) is 5.84 Å². The Labute approximate surface area is 121 Å². The van der Waals surface area contributed by atoms with Crippen LogP contribution >= 0.6 is 0 Å². The zero-order valence-corrected chi connectivity index (χ0v) is 12.3. The maximum absolute atomic E-state index is 11.0. The van der Waals surface area contributed by atoms with Crippen LogP contribution < -0.4 is 10.8 Å². The van der Waals surface area contributed by atoms with Crippen LogP contribution in [0.4, 0.5) is 0 Å². The molecule has 0 radical (unpaired) electrons. The van der Waals surface area contributed by atoms with Gasteiger partial charge in [0.25, 0.3) is 0 Å². The van der Waals surface area contributed by atoms with E-state index in [9.17, 15) is 9.90 Å². The van der Waals surface area contributed by atoms with Crippen molar-refractivity contribution in [1.82, 2.24) is 0 Å². The first-order chi connectivity index (χ1) is 9.64. The van der Waals surface area contributed by atoms with Gasteiger partial charge < -0.3 is 15.6 Å². The lowest BCUT2D eigenvalue weighted by molar-refractivity contribution is -0.780. The number of amidine groups is 1. The maximum Gasteiger partial charge on any atom is 0.208 e. The Morgan fingerprint density at radius 1 is 1.45 bits per heavy atom. The van der Waals surface area contributed by atoms with Crippen LogP contribution in [0.3, 0.4) is 0 Å². The average Bonchev–Trinajstić information content (AvgIpc) is 2.76. The van der Waals surface area contributed by atoms with Crippen molar-refractivity contribution < 1.29 is 14.4 Å². The van der Waals surface area contributed by atoms with E-state index in [-0.39, 0.29) is 11.0 Å². The minimum absolute atomic E-state index is 0.0912. The molecule has 0 aromatic heterocycles. The van der Waals surface area contributed by atoms with E-state index in [0.29, 0.717) is 13.1 Å². The van der Waals surface area contributed by atoms with E-state index in [4.69, 9.17) is 5.73 Å². The minimum atomic E-state index is -1.07. The van der Waals surface area contributed by atoms with Gasteiger partial charge in [-0.15, -0.1) is 0 Å². The predicted molar refractivity (Wildman–Crippen MR) is 78.5 cm³/mol. The molecular formula is C15H25N3O2. The van der Waals surface area contributed by atoms with Gasteiger partial charge >= 0.3 is 0 Å². The van der Waals surface area contributed by atoms with Crippen LogP contribution in [-0.4, -0.2) is 35.9 Å². The lowest BCUT2D eigenvalue weighted by Crippen LogP contribution is -2.54. The quantitative estimate of drug-likeness (QED) is 0.367. The summed E-state index contributed by atoms with van der Waals surface area (Å²) in [5.41, 5.74) is 5.61. The van der Waals surface area contributed by atoms with Gasteiger partial charge in [0.1, 0.15) is 19.3 Å². The third-order valence-corrected chi connectivity index (χ3v) is 3.45. The molecule has 20 heavy (non-hydrogen) atoms. The Balaban J connectivity index is 2.54. The van der Waals surface area contributed by atoms with E-state index >= 15 is 0 Å². The Hall–Kier alpha value is -1.46. The summed E-state index contributed by atoms with van der Waals surface area (Å²) in [7, 11) is 0. The average molecular weight is 279 g/mol. The molecule has 2 N–H and O–H groups in total. The summed E-state index contributed by atoms with van der Waals surface area (Å²) < 4.78 is 0.210. The summed E-state index contributed by atoms with van der Waals surface area (Å²) in [6.07, 6.45) is 12.9. The molecule has 1 aliphatic heterocycles. The van der Waals surface area contributed by atoms with E-state index in [1.165, 1.54) is 12.8 Å². The largest absolute Gasteiger partial charge is 0.544 e. The number of hydrogen-bond acceptors (Lipinski definition) is 4. The molecule has 0 saturated heterocycles. The number of carbonyl (C=O) groups excluding carboxylic acids is 1. The highest BCUT2D eigenvalue weighted by molar-refractivity contribution is 5.81. The smallest absolute Gasteiger partial charge is 0.208 e. The summed E-state index contributed by atoms with van der Waals surface area (Å²) in [6, 6.07) is 0. The fraction of sp³-hybridized carbons (Fsp3) is 0.600. The van der Waals surface area contributed by atoms with Gasteiger partial charge in [-0.25, -0.2) is 9.48 Å². The number of rotatable bonds is 10. The lowest BCUT2D eigenvalue weighted by Gasteiger charge is -2.32. The van der Waals surface area contributed by atoms with Crippen molar-refractivity contribution in [2.45, 2.75) is 39.0 Å². The molecule has 1 heterocycles. The summed E-state index contributed by atoms with van der Waals surface area (Å²) >= 11 is 0. The summed E-state index contributed by atoms with van der Waals surface area (Å²) in [5.74, 6) is -0.212. The van der Waals surface area contributed by atoms with Crippen molar-refractivity contribution in [3.8, 4) is 0 Å². The number of carbonyl (C=O) groups is 1. The molecule has 0 fully saturated rings. The number of nitrogens with two attached hydrogens (primary N) is 1. The van der Waals surface area contributed by atoms with Gasteiger partial charge in [0.15, 0.2) is 0 Å². The molecule has 0 aliphatic carbocycles. The molecule has 1 aliphatic rings. The first-order valence-electron chi connectivity index (χ1n) is 7.31. The number of carboxylic acid groups (broad SMARTS) is 1. The molecule has 1 atom stereocenters. The molecule has 0 aromatic carbocycles. The topological polar surface area (TPSA) is 78.5 Å². The number of carboxylic acids is 1. The highest BCUT2D eigenvalue weighted by Gasteiger charge is 2.34. The van der Waals surface area contributed by atoms with E-state index in [2.05, 4.69) is 24.1 Å². The first kappa shape index (κ1) is 16.6. The van der Waals surface area contributed by atoms with E-state index in [1.807, 2.05) is 0 Å². The van der Waals surface area contributed by atoms with Crippen molar-refractivity contribution in [2.75, 3.05) is 19.6 Å². The summed E-state index contributed by atoms with van der Waals surface area (Å²) in [4.78, 5) is 15.3. The van der Waals surface area contributed by atoms with Crippen molar-refractivity contribution in [1.29, 1.82) is 0 Å². The molecule has 0 spiro atoms. The van der Waals surface area contributed by atoms with E-state index in [1.54, 1.807) is 12.4 Å². The van der Waals surface area contributed by atoms with Crippen LogP contribution in [0.25, 0.3) is 0 Å².